The highest BCUT2D eigenvalue weighted by Crippen LogP contribution is 2.40. The van der Waals surface area contributed by atoms with E-state index in [9.17, 15) is 4.79 Å². The molecule has 0 aromatic carbocycles. The number of likely N-dealkylation sites (tertiary alicyclic amines) is 1. The Morgan fingerprint density at radius 2 is 1.94 bits per heavy atom. The Balaban J connectivity index is 1.20. The average molecular weight is 505 g/mol. The third kappa shape index (κ3) is 4.55. The number of aromatic nitrogens is 4. The van der Waals surface area contributed by atoms with E-state index in [4.69, 9.17) is 4.98 Å². The highest BCUT2D eigenvalue weighted by atomic mass is 32.1. The van der Waals surface area contributed by atoms with E-state index >= 15 is 0 Å². The number of pyridine rings is 1. The third-order valence-corrected chi connectivity index (χ3v) is 8.43. The molecule has 6 rings (SSSR count). The lowest BCUT2D eigenvalue weighted by Gasteiger charge is -2.34. The van der Waals surface area contributed by atoms with Gasteiger partial charge in [0.05, 0.1) is 23.0 Å². The van der Waals surface area contributed by atoms with Crippen molar-refractivity contribution in [3.05, 3.63) is 41.3 Å². The number of fused-ring (bicyclic) bond motifs is 1. The highest BCUT2D eigenvalue weighted by molar-refractivity contribution is 7.13. The Morgan fingerprint density at radius 3 is 2.72 bits per heavy atom. The van der Waals surface area contributed by atoms with Gasteiger partial charge < -0.3 is 20.4 Å². The second-order valence-electron chi connectivity index (χ2n) is 9.87. The van der Waals surface area contributed by atoms with Crippen LogP contribution in [-0.2, 0) is 4.79 Å². The zero-order chi connectivity index (χ0) is 24.5. The molecule has 0 saturated carbocycles. The summed E-state index contributed by atoms with van der Waals surface area (Å²) in [6.07, 6.45) is 7.97. The largest absolute Gasteiger partial charge is 0.382 e. The Bertz CT molecular complexity index is 1220. The predicted octanol–water partition coefficient (Wildman–Crippen LogP) is 3.94. The van der Waals surface area contributed by atoms with Crippen LogP contribution in [0.5, 0.6) is 0 Å². The Kier molecular flexibility index (Phi) is 6.54. The maximum Gasteiger partial charge on any atom is 0.233 e. The maximum atomic E-state index is 12.2. The monoisotopic (exact) mass is 504 g/mol. The lowest BCUT2D eigenvalue weighted by Crippen LogP contribution is -2.35. The van der Waals surface area contributed by atoms with E-state index in [1.165, 1.54) is 25.9 Å². The van der Waals surface area contributed by atoms with Crippen molar-refractivity contribution in [1.29, 1.82) is 0 Å². The number of carbonyl (C=O) groups is 1. The zero-order valence-electron chi connectivity index (χ0n) is 20.6. The summed E-state index contributed by atoms with van der Waals surface area (Å²) in [5.74, 6) is 1.66. The van der Waals surface area contributed by atoms with Crippen molar-refractivity contribution in [3.63, 3.8) is 0 Å². The topological polar surface area (TPSA) is 99.2 Å². The van der Waals surface area contributed by atoms with Gasteiger partial charge in [0.15, 0.2) is 0 Å². The molecule has 0 aliphatic carbocycles. The molecule has 36 heavy (non-hydrogen) atoms. The van der Waals surface area contributed by atoms with Gasteiger partial charge in [-0.1, -0.05) is 0 Å². The third-order valence-electron chi connectivity index (χ3n) is 7.63. The number of carbonyl (C=O) groups excluding carboxylic acids is 1. The molecule has 6 heterocycles. The lowest BCUT2D eigenvalue weighted by atomic mass is 9.91. The Labute approximate surface area is 215 Å². The molecule has 188 valence electrons. The van der Waals surface area contributed by atoms with Crippen molar-refractivity contribution in [2.45, 2.75) is 44.4 Å². The number of piperidine rings is 1. The first-order chi connectivity index (χ1) is 17.7. The number of thiazole rings is 1. The molecule has 10 heteroatoms. The molecule has 1 amide bonds. The molecule has 2 saturated heterocycles. The van der Waals surface area contributed by atoms with Crippen LogP contribution in [0.4, 0.5) is 17.3 Å². The fourth-order valence-electron chi connectivity index (χ4n) is 5.62. The van der Waals surface area contributed by atoms with Crippen LogP contribution in [0.2, 0.25) is 0 Å². The first kappa shape index (κ1) is 23.3. The zero-order valence-corrected chi connectivity index (χ0v) is 21.4. The summed E-state index contributed by atoms with van der Waals surface area (Å²) in [5.41, 5.74) is 4.15. The molecule has 1 atom stereocenters. The smallest absolute Gasteiger partial charge is 0.233 e. The number of rotatable bonds is 7. The van der Waals surface area contributed by atoms with Crippen molar-refractivity contribution < 1.29 is 4.79 Å². The van der Waals surface area contributed by atoms with Crippen molar-refractivity contribution in [2.75, 3.05) is 54.8 Å². The number of hydrogen-bond acceptors (Lipinski definition) is 9. The van der Waals surface area contributed by atoms with Gasteiger partial charge in [-0.2, -0.15) is 0 Å². The van der Waals surface area contributed by atoms with Crippen LogP contribution in [0.3, 0.4) is 0 Å². The molecule has 3 aromatic rings. The normalized spacial score (nSPS) is 20.5. The fraction of sp³-hybridized carbons (Fsp3) is 0.500. The Hall–Kier alpha value is -3.11. The van der Waals surface area contributed by atoms with E-state index in [-0.39, 0.29) is 11.8 Å². The van der Waals surface area contributed by atoms with Gasteiger partial charge >= 0.3 is 0 Å². The highest BCUT2D eigenvalue weighted by Gasteiger charge is 2.34. The van der Waals surface area contributed by atoms with Crippen molar-refractivity contribution in [3.8, 4) is 10.7 Å². The molecular formula is C26H32N8OS. The SMILES string of the molecule is CC1C(=O)Nc2ncnc(N3CCC(c4nc(-c5nccs5)ccc4NCCN4CCCC4)CC3)c21. The van der Waals surface area contributed by atoms with Gasteiger partial charge in [0, 0.05) is 49.2 Å². The number of nitrogens with one attached hydrogen (secondary N) is 2. The van der Waals surface area contributed by atoms with Gasteiger partial charge in [0.25, 0.3) is 0 Å². The van der Waals surface area contributed by atoms with E-state index < -0.39 is 0 Å². The lowest BCUT2D eigenvalue weighted by molar-refractivity contribution is -0.116. The molecule has 0 spiro atoms. The van der Waals surface area contributed by atoms with Gasteiger partial charge in [0.2, 0.25) is 5.91 Å². The molecule has 3 aliphatic heterocycles. The minimum Gasteiger partial charge on any atom is -0.382 e. The van der Waals surface area contributed by atoms with Crippen molar-refractivity contribution >= 4 is 34.6 Å². The molecule has 3 aromatic heterocycles. The molecule has 3 aliphatic rings. The predicted molar refractivity (Wildman–Crippen MR) is 143 cm³/mol. The molecule has 2 N–H and O–H groups in total. The van der Waals surface area contributed by atoms with Crippen LogP contribution in [0.25, 0.3) is 10.7 Å². The van der Waals surface area contributed by atoms with Gasteiger partial charge in [-0.25, -0.2) is 19.9 Å². The minimum absolute atomic E-state index is 0.00511. The van der Waals surface area contributed by atoms with Crippen molar-refractivity contribution in [2.24, 2.45) is 0 Å². The van der Waals surface area contributed by atoms with E-state index in [0.717, 1.165) is 72.5 Å². The minimum atomic E-state index is -0.225. The van der Waals surface area contributed by atoms with Crippen LogP contribution in [0.15, 0.2) is 30.0 Å². The van der Waals surface area contributed by atoms with Crippen LogP contribution in [0, 0.1) is 0 Å². The first-order valence-electron chi connectivity index (χ1n) is 12.9. The van der Waals surface area contributed by atoms with Crippen LogP contribution >= 0.6 is 11.3 Å². The summed E-state index contributed by atoms with van der Waals surface area (Å²) in [6.45, 7) is 8.07. The average Bonchev–Trinajstić information content (AvgIpc) is 3.68. The van der Waals surface area contributed by atoms with Gasteiger partial charge in [-0.3, -0.25) is 4.79 Å². The molecule has 9 nitrogen and oxygen atoms in total. The van der Waals surface area contributed by atoms with Gasteiger partial charge in [-0.15, -0.1) is 11.3 Å². The number of hydrogen-bond donors (Lipinski definition) is 2. The van der Waals surface area contributed by atoms with E-state index in [2.05, 4.69) is 47.5 Å². The van der Waals surface area contributed by atoms with Gasteiger partial charge in [-0.05, 0) is 57.8 Å². The molecular weight excluding hydrogens is 472 g/mol. The summed E-state index contributed by atoms with van der Waals surface area (Å²) in [4.78, 5) is 35.6. The standard InChI is InChI=1S/C26H32N8OS/c1-17-21-23(32-25(17)35)29-16-30-24(21)34-12-6-18(7-13-34)22-19(27-8-14-33-10-2-3-11-33)4-5-20(31-22)26-28-9-15-36-26/h4-5,9,15-18,27H,2-3,6-8,10-14H2,1H3,(H,29,30,32,35). The van der Waals surface area contributed by atoms with E-state index in [0.29, 0.717) is 11.7 Å². The van der Waals surface area contributed by atoms with E-state index in [1.54, 1.807) is 17.7 Å². The molecule has 1 unspecified atom stereocenters. The number of amides is 1. The second kappa shape index (κ2) is 10.1. The fourth-order valence-corrected chi connectivity index (χ4v) is 6.22. The van der Waals surface area contributed by atoms with Crippen LogP contribution in [-0.4, -0.2) is 70.0 Å². The summed E-state index contributed by atoms with van der Waals surface area (Å²) in [5, 5.41) is 9.54. The summed E-state index contributed by atoms with van der Waals surface area (Å²) < 4.78 is 0. The first-order valence-corrected chi connectivity index (χ1v) is 13.8. The quantitative estimate of drug-likeness (QED) is 0.499. The molecule has 0 radical (unpaired) electrons. The molecule has 0 bridgehead atoms. The summed E-state index contributed by atoms with van der Waals surface area (Å²) in [7, 11) is 0. The maximum absolute atomic E-state index is 12.2. The Morgan fingerprint density at radius 1 is 1.11 bits per heavy atom. The summed E-state index contributed by atoms with van der Waals surface area (Å²) in [6, 6.07) is 4.27. The molecule has 2 fully saturated rings. The van der Waals surface area contributed by atoms with E-state index in [1.807, 2.05) is 18.5 Å². The number of anilines is 3. The van der Waals surface area contributed by atoms with Gasteiger partial charge in [0.1, 0.15) is 23.0 Å². The second-order valence-corrected chi connectivity index (χ2v) is 10.8. The van der Waals surface area contributed by atoms with Crippen molar-refractivity contribution in [1.82, 2.24) is 24.8 Å². The van der Waals surface area contributed by atoms with Crippen LogP contribution in [0.1, 0.15) is 55.7 Å². The summed E-state index contributed by atoms with van der Waals surface area (Å²) >= 11 is 1.62. The van der Waals surface area contributed by atoms with Crippen LogP contribution < -0.4 is 15.5 Å². The number of nitrogens with zero attached hydrogens (tertiary/aromatic N) is 6.